The first kappa shape index (κ1) is 21.3. The van der Waals surface area contributed by atoms with Gasteiger partial charge in [0.2, 0.25) is 0 Å². The van der Waals surface area contributed by atoms with Crippen LogP contribution in [0.3, 0.4) is 0 Å². The number of Topliss-reactive ketones (excluding diaryl/α,β-unsaturated/α-hetero) is 1. The van der Waals surface area contributed by atoms with E-state index in [9.17, 15) is 13.6 Å². The fourth-order valence-corrected chi connectivity index (χ4v) is 4.86. The molecule has 3 rings (SSSR count). The number of benzene rings is 2. The number of ketones is 1. The third-order valence-corrected chi connectivity index (χ3v) is 7.05. The molecular formula is C21H19Cl2F2NOS. The molecule has 148 valence electrons. The van der Waals surface area contributed by atoms with Crippen LogP contribution in [0.4, 0.5) is 14.5 Å². The normalized spacial score (nSPS) is 21.5. The van der Waals surface area contributed by atoms with E-state index in [0.717, 1.165) is 12.5 Å². The molecule has 0 saturated carbocycles. The first-order chi connectivity index (χ1) is 13.1. The lowest BCUT2D eigenvalue weighted by Gasteiger charge is -2.25. The van der Waals surface area contributed by atoms with Gasteiger partial charge in [0, 0.05) is 12.5 Å². The van der Waals surface area contributed by atoms with Gasteiger partial charge >= 0.3 is 0 Å². The van der Waals surface area contributed by atoms with Crippen LogP contribution in [0.2, 0.25) is 10.0 Å². The highest BCUT2D eigenvalue weighted by atomic mass is 35.5. The lowest BCUT2D eigenvalue weighted by molar-refractivity contribution is -0.119. The van der Waals surface area contributed by atoms with Crippen molar-refractivity contribution in [2.24, 2.45) is 4.99 Å². The van der Waals surface area contributed by atoms with Crippen molar-refractivity contribution in [1.29, 1.82) is 0 Å². The Morgan fingerprint density at radius 1 is 1.18 bits per heavy atom. The van der Waals surface area contributed by atoms with E-state index in [1.54, 1.807) is 30.3 Å². The van der Waals surface area contributed by atoms with Crippen LogP contribution in [0.25, 0.3) is 0 Å². The van der Waals surface area contributed by atoms with Crippen molar-refractivity contribution in [1.82, 2.24) is 0 Å². The Morgan fingerprint density at radius 3 is 2.57 bits per heavy atom. The Hall–Kier alpha value is -1.43. The molecule has 1 atom stereocenters. The second-order valence-corrected chi connectivity index (χ2v) is 9.19. The second kappa shape index (κ2) is 8.13. The standard InChI is InChI=1S/C21H19Cl2F2NOS/c1-3-21(12-13-5-4-6-14(9-13)20(2,24)25)18(27)11-19(28-21)26-15-7-8-16(22)17(23)10-15/h4-10H,3,11-12H2,1-2H3. The largest absolute Gasteiger partial charge is 0.298 e. The summed E-state index contributed by atoms with van der Waals surface area (Å²) in [6.07, 6.45) is 1.20. The predicted molar refractivity (Wildman–Crippen MR) is 114 cm³/mol. The van der Waals surface area contributed by atoms with Crippen molar-refractivity contribution >= 4 is 51.5 Å². The fourth-order valence-electron chi connectivity index (χ4n) is 3.19. The minimum atomic E-state index is -2.91. The Balaban J connectivity index is 1.86. The quantitative estimate of drug-likeness (QED) is 0.489. The molecule has 1 fully saturated rings. The number of aliphatic imine (C=N–C) groups is 1. The molecule has 0 aliphatic carbocycles. The molecule has 0 radical (unpaired) electrons. The molecule has 0 amide bonds. The van der Waals surface area contributed by atoms with E-state index < -0.39 is 10.7 Å². The molecular weight excluding hydrogens is 423 g/mol. The van der Waals surface area contributed by atoms with Gasteiger partial charge in [-0.05, 0) is 42.7 Å². The topological polar surface area (TPSA) is 29.4 Å². The average Bonchev–Trinajstić information content (AvgIpc) is 2.93. The summed E-state index contributed by atoms with van der Waals surface area (Å²) >= 11 is 13.4. The maximum atomic E-state index is 13.7. The summed E-state index contributed by atoms with van der Waals surface area (Å²) in [5.74, 6) is -2.85. The second-order valence-electron chi connectivity index (χ2n) is 6.92. The molecule has 0 aromatic heterocycles. The summed E-state index contributed by atoms with van der Waals surface area (Å²) in [7, 11) is 0. The average molecular weight is 442 g/mol. The highest BCUT2D eigenvalue weighted by molar-refractivity contribution is 8.16. The van der Waals surface area contributed by atoms with Gasteiger partial charge in [-0.2, -0.15) is 0 Å². The van der Waals surface area contributed by atoms with Gasteiger partial charge in [-0.15, -0.1) is 0 Å². The van der Waals surface area contributed by atoms with Crippen LogP contribution in [0.1, 0.15) is 37.8 Å². The van der Waals surface area contributed by atoms with E-state index in [2.05, 4.69) is 4.99 Å². The zero-order valence-electron chi connectivity index (χ0n) is 15.4. The minimum Gasteiger partial charge on any atom is -0.298 e. The molecule has 1 aliphatic heterocycles. The summed E-state index contributed by atoms with van der Waals surface area (Å²) in [6, 6.07) is 11.3. The van der Waals surface area contributed by atoms with Crippen LogP contribution < -0.4 is 0 Å². The Labute approximate surface area is 177 Å². The third-order valence-electron chi connectivity index (χ3n) is 4.78. The molecule has 1 aliphatic rings. The van der Waals surface area contributed by atoms with Gasteiger partial charge in [-0.3, -0.25) is 4.79 Å². The number of alkyl halides is 2. The fraction of sp³-hybridized carbons (Fsp3) is 0.333. The van der Waals surface area contributed by atoms with Gasteiger partial charge in [0.15, 0.2) is 5.78 Å². The minimum absolute atomic E-state index is 0.0450. The molecule has 2 nitrogen and oxygen atoms in total. The van der Waals surface area contributed by atoms with Crippen molar-refractivity contribution in [3.63, 3.8) is 0 Å². The third kappa shape index (κ3) is 4.58. The van der Waals surface area contributed by atoms with E-state index in [-0.39, 0.29) is 17.8 Å². The van der Waals surface area contributed by atoms with Crippen molar-refractivity contribution in [3.8, 4) is 0 Å². The predicted octanol–water partition coefficient (Wildman–Crippen LogP) is 7.23. The van der Waals surface area contributed by atoms with Gasteiger partial charge in [0.05, 0.1) is 31.9 Å². The Kier molecular flexibility index (Phi) is 6.18. The highest BCUT2D eigenvalue weighted by Crippen LogP contribution is 2.44. The highest BCUT2D eigenvalue weighted by Gasteiger charge is 2.45. The molecule has 1 heterocycles. The molecule has 28 heavy (non-hydrogen) atoms. The molecule has 1 unspecified atom stereocenters. The summed E-state index contributed by atoms with van der Waals surface area (Å²) in [5.41, 5.74) is 1.30. The first-order valence-corrected chi connectivity index (χ1v) is 10.4. The Bertz CT molecular complexity index is 942. The summed E-state index contributed by atoms with van der Waals surface area (Å²) in [4.78, 5) is 17.4. The lowest BCUT2D eigenvalue weighted by Crippen LogP contribution is -2.32. The number of rotatable bonds is 5. The van der Waals surface area contributed by atoms with Gasteiger partial charge < -0.3 is 0 Å². The van der Waals surface area contributed by atoms with Crippen LogP contribution in [-0.2, 0) is 17.1 Å². The Morgan fingerprint density at radius 2 is 1.93 bits per heavy atom. The number of carbonyl (C=O) groups excluding carboxylic acids is 1. The molecule has 0 N–H and O–H groups in total. The van der Waals surface area contributed by atoms with Crippen LogP contribution in [0, 0.1) is 0 Å². The number of hydrogen-bond donors (Lipinski definition) is 0. The zero-order chi connectivity index (χ0) is 20.5. The summed E-state index contributed by atoms with van der Waals surface area (Å²) in [5, 5.41) is 1.54. The van der Waals surface area contributed by atoms with E-state index >= 15 is 0 Å². The number of thioether (sulfide) groups is 1. The molecule has 2 aromatic rings. The zero-order valence-corrected chi connectivity index (χ0v) is 17.8. The van der Waals surface area contributed by atoms with Gasteiger partial charge in [0.1, 0.15) is 0 Å². The van der Waals surface area contributed by atoms with Crippen LogP contribution >= 0.6 is 35.0 Å². The maximum absolute atomic E-state index is 13.7. The maximum Gasteiger partial charge on any atom is 0.270 e. The van der Waals surface area contributed by atoms with E-state index in [1.165, 1.54) is 23.9 Å². The van der Waals surface area contributed by atoms with Gasteiger partial charge in [-0.1, -0.05) is 60.1 Å². The first-order valence-electron chi connectivity index (χ1n) is 8.85. The molecule has 7 heteroatoms. The van der Waals surface area contributed by atoms with Crippen LogP contribution in [0.15, 0.2) is 47.5 Å². The van der Waals surface area contributed by atoms with Gasteiger partial charge in [0.25, 0.3) is 5.92 Å². The van der Waals surface area contributed by atoms with E-state index in [1.807, 2.05) is 6.92 Å². The SMILES string of the molecule is CCC1(Cc2cccc(C(C)(F)F)c2)SC(=Nc2ccc(Cl)c(Cl)c2)CC1=O. The van der Waals surface area contributed by atoms with Gasteiger partial charge in [-0.25, -0.2) is 13.8 Å². The van der Waals surface area contributed by atoms with E-state index in [0.29, 0.717) is 33.6 Å². The molecule has 1 saturated heterocycles. The number of nitrogens with zero attached hydrogens (tertiary/aromatic N) is 1. The van der Waals surface area contributed by atoms with Crippen molar-refractivity contribution < 1.29 is 13.6 Å². The molecule has 2 aromatic carbocycles. The molecule has 0 bridgehead atoms. The summed E-state index contributed by atoms with van der Waals surface area (Å²) in [6.45, 7) is 2.81. The van der Waals surface area contributed by atoms with Crippen molar-refractivity contribution in [2.45, 2.75) is 43.8 Å². The van der Waals surface area contributed by atoms with Crippen LogP contribution in [0.5, 0.6) is 0 Å². The smallest absolute Gasteiger partial charge is 0.270 e. The van der Waals surface area contributed by atoms with Crippen molar-refractivity contribution in [2.75, 3.05) is 0 Å². The number of halogens is 4. The molecule has 0 spiro atoms. The van der Waals surface area contributed by atoms with Crippen LogP contribution in [-0.4, -0.2) is 15.6 Å². The number of hydrogen-bond acceptors (Lipinski definition) is 3. The number of carbonyl (C=O) groups is 1. The van der Waals surface area contributed by atoms with Crippen molar-refractivity contribution in [3.05, 3.63) is 63.6 Å². The van der Waals surface area contributed by atoms with E-state index in [4.69, 9.17) is 23.2 Å². The lowest BCUT2D eigenvalue weighted by atomic mass is 9.90. The summed E-state index contributed by atoms with van der Waals surface area (Å²) < 4.78 is 26.6. The monoisotopic (exact) mass is 441 g/mol.